The lowest BCUT2D eigenvalue weighted by Gasteiger charge is -2.28. The molecule has 0 aromatic heterocycles. The van der Waals surface area contributed by atoms with Crippen molar-refractivity contribution in [2.24, 2.45) is 5.92 Å². The minimum Gasteiger partial charge on any atom is -0.480 e. The molecule has 1 heterocycles. The second kappa shape index (κ2) is 8.29. The van der Waals surface area contributed by atoms with Gasteiger partial charge >= 0.3 is 5.97 Å². The van der Waals surface area contributed by atoms with E-state index in [9.17, 15) is 14.7 Å². The number of rotatable bonds is 6. The van der Waals surface area contributed by atoms with Gasteiger partial charge in [-0.15, -0.1) is 0 Å². The minimum atomic E-state index is -0.994. The van der Waals surface area contributed by atoms with Gasteiger partial charge in [-0.1, -0.05) is 28.1 Å². The fourth-order valence-corrected chi connectivity index (χ4v) is 3.05. The van der Waals surface area contributed by atoms with Gasteiger partial charge in [-0.3, -0.25) is 4.79 Å². The lowest BCUT2D eigenvalue weighted by atomic mass is 9.93. The largest absolute Gasteiger partial charge is 0.480 e. The number of carboxylic acid groups (broad SMARTS) is 1. The number of halogens is 1. The van der Waals surface area contributed by atoms with Gasteiger partial charge < -0.3 is 15.2 Å². The number of aryl methyl sites for hydroxylation is 1. The third kappa shape index (κ3) is 5.10. The van der Waals surface area contributed by atoms with Crippen LogP contribution in [0.25, 0.3) is 0 Å². The van der Waals surface area contributed by atoms with E-state index in [1.807, 2.05) is 24.3 Å². The monoisotopic (exact) mass is 369 g/mol. The second-order valence-electron chi connectivity index (χ2n) is 5.49. The molecule has 0 aliphatic carbocycles. The Kier molecular flexibility index (Phi) is 6.39. The maximum Gasteiger partial charge on any atom is 0.326 e. The lowest BCUT2D eigenvalue weighted by Crippen LogP contribution is -2.48. The van der Waals surface area contributed by atoms with Crippen LogP contribution in [0.3, 0.4) is 0 Å². The third-order valence-corrected chi connectivity index (χ3v) is 4.27. The minimum absolute atomic E-state index is 0.152. The van der Waals surface area contributed by atoms with Gasteiger partial charge in [0.1, 0.15) is 6.04 Å². The summed E-state index contributed by atoms with van der Waals surface area (Å²) >= 11 is 3.39. The van der Waals surface area contributed by atoms with Crippen molar-refractivity contribution in [2.45, 2.75) is 31.7 Å². The molecule has 0 saturated carbocycles. The van der Waals surface area contributed by atoms with Crippen LogP contribution in [0.1, 0.15) is 24.8 Å². The van der Waals surface area contributed by atoms with Crippen LogP contribution in [0.2, 0.25) is 0 Å². The van der Waals surface area contributed by atoms with Crippen LogP contribution in [-0.4, -0.2) is 36.2 Å². The predicted octanol–water partition coefficient (Wildman–Crippen LogP) is 2.38. The molecule has 1 aromatic carbocycles. The number of hydrogen-bond acceptors (Lipinski definition) is 3. The molecular formula is C16H20BrNO4. The SMILES string of the molecule is O=C(CCc1cccc(Br)c1)NC(C(=O)O)C1CCCOC1. The predicted molar refractivity (Wildman–Crippen MR) is 85.6 cm³/mol. The maximum atomic E-state index is 12.0. The maximum absolute atomic E-state index is 12.0. The molecule has 2 unspecified atom stereocenters. The highest BCUT2D eigenvalue weighted by Gasteiger charge is 2.31. The number of aliphatic carboxylic acids is 1. The molecule has 1 aromatic rings. The molecule has 1 fully saturated rings. The Morgan fingerprint density at radius 3 is 2.91 bits per heavy atom. The zero-order valence-corrected chi connectivity index (χ0v) is 13.8. The summed E-state index contributed by atoms with van der Waals surface area (Å²) in [6, 6.07) is 6.87. The third-order valence-electron chi connectivity index (χ3n) is 3.78. The first kappa shape index (κ1) is 17.0. The Morgan fingerprint density at radius 2 is 2.27 bits per heavy atom. The highest BCUT2D eigenvalue weighted by molar-refractivity contribution is 9.10. The molecule has 0 spiro atoms. The summed E-state index contributed by atoms with van der Waals surface area (Å²) in [5.74, 6) is -1.38. The molecule has 1 saturated heterocycles. The first-order valence-electron chi connectivity index (χ1n) is 7.40. The van der Waals surface area contributed by atoms with Gasteiger partial charge in [0, 0.05) is 23.4 Å². The number of nitrogens with one attached hydrogen (secondary N) is 1. The van der Waals surface area contributed by atoms with E-state index < -0.39 is 12.0 Å². The van der Waals surface area contributed by atoms with Gasteiger partial charge in [-0.05, 0) is 37.0 Å². The van der Waals surface area contributed by atoms with Gasteiger partial charge in [0.2, 0.25) is 5.91 Å². The summed E-state index contributed by atoms with van der Waals surface area (Å²) in [4.78, 5) is 23.4. The molecule has 0 radical (unpaired) electrons. The molecule has 2 N–H and O–H groups in total. The van der Waals surface area contributed by atoms with Gasteiger partial charge in [0.05, 0.1) is 6.61 Å². The van der Waals surface area contributed by atoms with Crippen LogP contribution in [0.15, 0.2) is 28.7 Å². The van der Waals surface area contributed by atoms with Gasteiger partial charge in [-0.2, -0.15) is 0 Å². The summed E-state index contributed by atoms with van der Waals surface area (Å²) in [5, 5.41) is 12.0. The molecular weight excluding hydrogens is 350 g/mol. The van der Waals surface area contributed by atoms with Crippen molar-refractivity contribution in [3.63, 3.8) is 0 Å². The Morgan fingerprint density at radius 1 is 1.45 bits per heavy atom. The van der Waals surface area contributed by atoms with E-state index in [-0.39, 0.29) is 18.2 Å². The number of carbonyl (C=O) groups excluding carboxylic acids is 1. The normalized spacial score (nSPS) is 19.4. The first-order valence-corrected chi connectivity index (χ1v) is 8.20. The van der Waals surface area contributed by atoms with Crippen molar-refractivity contribution in [3.05, 3.63) is 34.3 Å². The highest BCUT2D eigenvalue weighted by Crippen LogP contribution is 2.18. The first-order chi connectivity index (χ1) is 10.6. The van der Waals surface area contributed by atoms with Crippen LogP contribution in [0, 0.1) is 5.92 Å². The van der Waals surface area contributed by atoms with Crippen molar-refractivity contribution in [2.75, 3.05) is 13.2 Å². The van der Waals surface area contributed by atoms with E-state index in [1.165, 1.54) is 0 Å². The molecule has 5 nitrogen and oxygen atoms in total. The van der Waals surface area contributed by atoms with E-state index in [1.54, 1.807) is 0 Å². The smallest absolute Gasteiger partial charge is 0.326 e. The van der Waals surface area contributed by atoms with E-state index in [0.717, 1.165) is 22.9 Å². The Hall–Kier alpha value is -1.40. The second-order valence-corrected chi connectivity index (χ2v) is 6.41. The standard InChI is InChI=1S/C16H20BrNO4/c17-13-5-1-3-11(9-13)6-7-14(19)18-15(16(20)21)12-4-2-8-22-10-12/h1,3,5,9,12,15H,2,4,6-8,10H2,(H,18,19)(H,20,21). The van der Waals surface area contributed by atoms with E-state index in [4.69, 9.17) is 4.74 Å². The number of amides is 1. The van der Waals surface area contributed by atoms with Crippen molar-refractivity contribution in [1.82, 2.24) is 5.32 Å². The summed E-state index contributed by atoms with van der Waals surface area (Å²) < 4.78 is 6.28. The van der Waals surface area contributed by atoms with Crippen molar-refractivity contribution in [1.29, 1.82) is 0 Å². The van der Waals surface area contributed by atoms with Crippen LogP contribution in [0.4, 0.5) is 0 Å². The average Bonchev–Trinajstić information content (AvgIpc) is 2.51. The number of carbonyl (C=O) groups is 2. The van der Waals surface area contributed by atoms with Gasteiger partial charge in [0.25, 0.3) is 0 Å². The molecule has 120 valence electrons. The zero-order valence-electron chi connectivity index (χ0n) is 12.3. The summed E-state index contributed by atoms with van der Waals surface area (Å²) in [6.45, 7) is 1.06. The number of ether oxygens (including phenoxy) is 1. The van der Waals surface area contributed by atoms with Crippen LogP contribution in [-0.2, 0) is 20.7 Å². The zero-order chi connectivity index (χ0) is 15.9. The number of benzene rings is 1. The van der Waals surface area contributed by atoms with Crippen molar-refractivity contribution >= 4 is 27.8 Å². The lowest BCUT2D eigenvalue weighted by molar-refractivity contribution is -0.145. The topological polar surface area (TPSA) is 75.6 Å². The summed E-state index contributed by atoms with van der Waals surface area (Å²) in [7, 11) is 0. The van der Waals surface area contributed by atoms with Crippen LogP contribution < -0.4 is 5.32 Å². The Bertz CT molecular complexity index is 529. The highest BCUT2D eigenvalue weighted by atomic mass is 79.9. The molecule has 22 heavy (non-hydrogen) atoms. The Labute approximate surface area is 138 Å². The molecule has 1 amide bonds. The van der Waals surface area contributed by atoms with Crippen LogP contribution >= 0.6 is 15.9 Å². The number of carboxylic acids is 1. The quantitative estimate of drug-likeness (QED) is 0.806. The average molecular weight is 370 g/mol. The van der Waals surface area contributed by atoms with Crippen LogP contribution in [0.5, 0.6) is 0 Å². The fraction of sp³-hybridized carbons (Fsp3) is 0.500. The molecule has 1 aliphatic heterocycles. The molecule has 1 aliphatic rings. The summed E-state index contributed by atoms with van der Waals surface area (Å²) in [6.07, 6.45) is 2.46. The van der Waals surface area contributed by atoms with E-state index in [0.29, 0.717) is 19.6 Å². The van der Waals surface area contributed by atoms with Gasteiger partial charge in [0.15, 0.2) is 0 Å². The Balaban J connectivity index is 1.86. The molecule has 2 atom stereocenters. The molecule has 6 heteroatoms. The van der Waals surface area contributed by atoms with Crippen molar-refractivity contribution in [3.8, 4) is 0 Å². The van der Waals surface area contributed by atoms with Crippen molar-refractivity contribution < 1.29 is 19.4 Å². The van der Waals surface area contributed by atoms with E-state index >= 15 is 0 Å². The molecule has 2 rings (SSSR count). The van der Waals surface area contributed by atoms with Gasteiger partial charge in [-0.25, -0.2) is 4.79 Å². The summed E-state index contributed by atoms with van der Waals surface area (Å²) in [5.41, 5.74) is 1.04. The fourth-order valence-electron chi connectivity index (χ4n) is 2.61. The molecule has 0 bridgehead atoms. The van der Waals surface area contributed by atoms with E-state index in [2.05, 4.69) is 21.2 Å². The number of hydrogen-bond donors (Lipinski definition) is 2.